The van der Waals surface area contributed by atoms with Crippen LogP contribution in [0.3, 0.4) is 0 Å². The predicted molar refractivity (Wildman–Crippen MR) is 45.6 cm³/mol. The van der Waals surface area contributed by atoms with Gasteiger partial charge in [0, 0.05) is 0 Å². The van der Waals surface area contributed by atoms with Crippen molar-refractivity contribution in [2.75, 3.05) is 0 Å². The first-order valence-corrected chi connectivity index (χ1v) is 4.02. The van der Waals surface area contributed by atoms with Gasteiger partial charge in [0.1, 0.15) is 0 Å². The number of nitriles is 1. The van der Waals surface area contributed by atoms with Crippen molar-refractivity contribution in [3.8, 4) is 6.07 Å². The molecule has 74 valence electrons. The highest BCUT2D eigenvalue weighted by Crippen LogP contribution is 2.34. The van der Waals surface area contributed by atoms with Gasteiger partial charge in [0.25, 0.3) is 0 Å². The van der Waals surface area contributed by atoms with Crippen molar-refractivity contribution in [3.05, 3.63) is 35.4 Å². The molecule has 0 aliphatic heterocycles. The molecule has 4 heteroatoms. The van der Waals surface area contributed by atoms with Crippen LogP contribution in [0.15, 0.2) is 24.3 Å². The lowest BCUT2D eigenvalue weighted by molar-refractivity contribution is -0.146. The summed E-state index contributed by atoms with van der Waals surface area (Å²) < 4.78 is 36.9. The molecule has 0 N–H and O–H groups in total. The number of rotatable bonds is 1. The first-order chi connectivity index (χ1) is 6.45. The van der Waals surface area contributed by atoms with Crippen LogP contribution in [0.4, 0.5) is 13.2 Å². The molecule has 1 aromatic rings. The minimum atomic E-state index is -4.26. The van der Waals surface area contributed by atoms with Crippen LogP contribution >= 0.6 is 0 Å². The summed E-state index contributed by atoms with van der Waals surface area (Å²) in [4.78, 5) is 0. The molecule has 0 spiro atoms. The van der Waals surface area contributed by atoms with Gasteiger partial charge in [-0.1, -0.05) is 12.1 Å². The zero-order valence-corrected chi connectivity index (χ0v) is 7.47. The first kappa shape index (κ1) is 10.6. The Hall–Kier alpha value is -1.50. The molecule has 0 saturated heterocycles. The van der Waals surface area contributed by atoms with Gasteiger partial charge in [-0.15, -0.1) is 0 Å². The second-order valence-electron chi connectivity index (χ2n) is 3.00. The zero-order chi connectivity index (χ0) is 10.8. The monoisotopic (exact) mass is 199 g/mol. The number of halogens is 3. The fourth-order valence-electron chi connectivity index (χ4n) is 1.07. The molecule has 0 fully saturated rings. The molecule has 1 nitrogen and oxygen atoms in total. The van der Waals surface area contributed by atoms with Crippen LogP contribution in [0.2, 0.25) is 0 Å². The smallest absolute Gasteiger partial charge is 0.192 e. The van der Waals surface area contributed by atoms with Gasteiger partial charge in [-0.05, 0) is 24.6 Å². The topological polar surface area (TPSA) is 23.8 Å². The molecule has 0 aliphatic carbocycles. The Morgan fingerprint density at radius 1 is 1.36 bits per heavy atom. The molecule has 0 heterocycles. The van der Waals surface area contributed by atoms with E-state index in [2.05, 4.69) is 0 Å². The maximum Gasteiger partial charge on any atom is 0.395 e. The minimum Gasteiger partial charge on any atom is -0.192 e. The van der Waals surface area contributed by atoms with Crippen molar-refractivity contribution < 1.29 is 13.2 Å². The average Bonchev–Trinajstić information content (AvgIpc) is 2.15. The Morgan fingerprint density at radius 2 is 2.00 bits per heavy atom. The Labute approximate surface area is 79.8 Å². The summed E-state index contributed by atoms with van der Waals surface area (Å²) in [5.41, 5.74) is 0.371. The summed E-state index contributed by atoms with van der Waals surface area (Å²) in [6.07, 6.45) is -4.26. The van der Waals surface area contributed by atoms with E-state index in [9.17, 15) is 13.2 Å². The molecule has 1 atom stereocenters. The highest BCUT2D eigenvalue weighted by atomic mass is 19.4. The fourth-order valence-corrected chi connectivity index (χ4v) is 1.07. The lowest BCUT2D eigenvalue weighted by Crippen LogP contribution is -2.17. The van der Waals surface area contributed by atoms with Crippen molar-refractivity contribution in [1.82, 2.24) is 0 Å². The van der Waals surface area contributed by atoms with Gasteiger partial charge >= 0.3 is 6.18 Å². The molecule has 1 unspecified atom stereocenters. The van der Waals surface area contributed by atoms with Crippen LogP contribution in [-0.2, 0) is 0 Å². The van der Waals surface area contributed by atoms with E-state index in [0.29, 0.717) is 0 Å². The van der Waals surface area contributed by atoms with Gasteiger partial charge < -0.3 is 0 Å². The number of hydrogen-bond acceptors (Lipinski definition) is 1. The van der Waals surface area contributed by atoms with Crippen LogP contribution < -0.4 is 0 Å². The minimum absolute atomic E-state index is 0.122. The second kappa shape index (κ2) is 3.70. The molecule has 14 heavy (non-hydrogen) atoms. The zero-order valence-electron chi connectivity index (χ0n) is 7.47. The molecular weight excluding hydrogens is 191 g/mol. The molecule has 1 rings (SSSR count). The Kier molecular flexibility index (Phi) is 2.80. The van der Waals surface area contributed by atoms with E-state index < -0.39 is 12.1 Å². The largest absolute Gasteiger partial charge is 0.395 e. The van der Waals surface area contributed by atoms with E-state index in [1.807, 2.05) is 0 Å². The van der Waals surface area contributed by atoms with Gasteiger partial charge in [0.05, 0.1) is 17.6 Å². The molecule has 0 amide bonds. The standard InChI is InChI=1S/C10H8F3N/c1-7(10(11,12)13)9-4-2-3-8(5-9)6-14/h2-5,7H,1H3. The molecule has 0 aliphatic rings. The third-order valence-corrected chi connectivity index (χ3v) is 2.01. The normalized spacial score (nSPS) is 13.4. The van der Waals surface area contributed by atoms with Crippen LogP contribution in [0.1, 0.15) is 24.0 Å². The molecule has 0 radical (unpaired) electrons. The molecular formula is C10H8F3N. The summed E-state index contributed by atoms with van der Waals surface area (Å²) in [5, 5.41) is 8.52. The van der Waals surface area contributed by atoms with Crippen molar-refractivity contribution in [3.63, 3.8) is 0 Å². The van der Waals surface area contributed by atoms with E-state index in [-0.39, 0.29) is 11.1 Å². The predicted octanol–water partition coefficient (Wildman–Crippen LogP) is 3.22. The maximum atomic E-state index is 12.3. The molecule has 0 bridgehead atoms. The van der Waals surface area contributed by atoms with E-state index in [1.165, 1.54) is 24.3 Å². The average molecular weight is 199 g/mol. The Balaban J connectivity index is 3.03. The second-order valence-corrected chi connectivity index (χ2v) is 3.00. The first-order valence-electron chi connectivity index (χ1n) is 4.02. The summed E-state index contributed by atoms with van der Waals surface area (Å²) in [5.74, 6) is -1.53. The van der Waals surface area contributed by atoms with Crippen molar-refractivity contribution in [1.29, 1.82) is 5.26 Å². The van der Waals surface area contributed by atoms with Crippen molar-refractivity contribution >= 4 is 0 Å². The Morgan fingerprint density at radius 3 is 2.50 bits per heavy atom. The van der Waals surface area contributed by atoms with Gasteiger partial charge in [-0.3, -0.25) is 0 Å². The van der Waals surface area contributed by atoms with E-state index in [0.717, 1.165) is 6.92 Å². The third kappa shape index (κ3) is 2.25. The van der Waals surface area contributed by atoms with Gasteiger partial charge in [0.15, 0.2) is 0 Å². The van der Waals surface area contributed by atoms with Crippen LogP contribution in [0, 0.1) is 11.3 Å². The number of nitrogens with zero attached hydrogens (tertiary/aromatic N) is 1. The number of alkyl halides is 3. The van der Waals surface area contributed by atoms with E-state index in [4.69, 9.17) is 5.26 Å². The van der Waals surface area contributed by atoms with Gasteiger partial charge in [-0.25, -0.2) is 0 Å². The summed E-state index contributed by atoms with van der Waals surface area (Å²) in [7, 11) is 0. The lowest BCUT2D eigenvalue weighted by atomic mass is 9.99. The van der Waals surface area contributed by atoms with Crippen molar-refractivity contribution in [2.45, 2.75) is 19.0 Å². The highest BCUT2D eigenvalue weighted by molar-refractivity contribution is 5.34. The summed E-state index contributed by atoms with van der Waals surface area (Å²) >= 11 is 0. The maximum absolute atomic E-state index is 12.3. The van der Waals surface area contributed by atoms with Gasteiger partial charge in [0.2, 0.25) is 0 Å². The molecule has 0 saturated carbocycles. The van der Waals surface area contributed by atoms with Gasteiger partial charge in [-0.2, -0.15) is 18.4 Å². The number of benzene rings is 1. The summed E-state index contributed by atoms with van der Waals surface area (Å²) in [6.45, 7) is 1.08. The van der Waals surface area contributed by atoms with Crippen LogP contribution in [0.5, 0.6) is 0 Å². The van der Waals surface area contributed by atoms with Crippen LogP contribution in [0.25, 0.3) is 0 Å². The van der Waals surface area contributed by atoms with E-state index in [1.54, 1.807) is 6.07 Å². The van der Waals surface area contributed by atoms with Crippen molar-refractivity contribution in [2.24, 2.45) is 0 Å². The number of hydrogen-bond donors (Lipinski definition) is 0. The quantitative estimate of drug-likeness (QED) is 0.681. The van der Waals surface area contributed by atoms with Crippen LogP contribution in [-0.4, -0.2) is 6.18 Å². The fraction of sp³-hybridized carbons (Fsp3) is 0.300. The molecule has 1 aromatic carbocycles. The molecule has 0 aromatic heterocycles. The lowest BCUT2D eigenvalue weighted by Gasteiger charge is -2.15. The summed E-state index contributed by atoms with van der Waals surface area (Å²) in [6, 6.07) is 7.38. The third-order valence-electron chi connectivity index (χ3n) is 2.01. The van der Waals surface area contributed by atoms with E-state index >= 15 is 0 Å². The highest BCUT2D eigenvalue weighted by Gasteiger charge is 2.36. The SMILES string of the molecule is CC(c1cccc(C#N)c1)C(F)(F)F. The Bertz CT molecular complexity index is 362.